The largest absolute Gasteiger partial charge is 0.452 e. The van der Waals surface area contributed by atoms with Crippen LogP contribution in [0, 0.1) is 19.8 Å². The van der Waals surface area contributed by atoms with E-state index in [1.165, 1.54) is 18.3 Å². The van der Waals surface area contributed by atoms with E-state index in [2.05, 4.69) is 16.0 Å². The van der Waals surface area contributed by atoms with Crippen molar-refractivity contribution < 1.29 is 23.9 Å². The SMILES string of the molecule is CC(=O)Nc1sc(C)c(C)c1C(=O)OCC(=O)NC(=O)NCC(C)C. The zero-order valence-corrected chi connectivity index (χ0v) is 15.8. The monoisotopic (exact) mass is 369 g/mol. The number of esters is 1. The number of urea groups is 1. The molecule has 0 aliphatic heterocycles. The van der Waals surface area contributed by atoms with Crippen molar-refractivity contribution in [3.63, 3.8) is 0 Å². The fraction of sp³-hybridized carbons (Fsp3) is 0.500. The van der Waals surface area contributed by atoms with Crippen LogP contribution in [-0.4, -0.2) is 37.0 Å². The van der Waals surface area contributed by atoms with Crippen molar-refractivity contribution in [2.24, 2.45) is 5.92 Å². The van der Waals surface area contributed by atoms with Gasteiger partial charge >= 0.3 is 12.0 Å². The number of hydrogen-bond donors (Lipinski definition) is 3. The second-order valence-electron chi connectivity index (χ2n) is 5.90. The van der Waals surface area contributed by atoms with E-state index in [-0.39, 0.29) is 17.4 Å². The molecule has 0 aliphatic rings. The first-order valence-electron chi connectivity index (χ1n) is 7.74. The molecule has 0 saturated carbocycles. The molecule has 1 rings (SSSR count). The zero-order valence-electron chi connectivity index (χ0n) is 14.9. The zero-order chi connectivity index (χ0) is 19.1. The Bertz CT molecular complexity index is 682. The second kappa shape index (κ2) is 9.16. The Morgan fingerprint density at radius 2 is 1.80 bits per heavy atom. The molecule has 0 aliphatic carbocycles. The van der Waals surface area contributed by atoms with Gasteiger partial charge in [0.15, 0.2) is 6.61 Å². The highest BCUT2D eigenvalue weighted by atomic mass is 32.1. The van der Waals surface area contributed by atoms with Gasteiger partial charge in [-0.05, 0) is 25.3 Å². The lowest BCUT2D eigenvalue weighted by atomic mass is 10.1. The second-order valence-corrected chi connectivity index (χ2v) is 7.12. The predicted molar refractivity (Wildman–Crippen MR) is 94.8 cm³/mol. The smallest absolute Gasteiger partial charge is 0.341 e. The number of rotatable bonds is 6. The van der Waals surface area contributed by atoms with Crippen molar-refractivity contribution in [2.75, 3.05) is 18.5 Å². The molecule has 8 nitrogen and oxygen atoms in total. The van der Waals surface area contributed by atoms with Gasteiger partial charge in [0.25, 0.3) is 5.91 Å². The maximum atomic E-state index is 12.2. The molecule has 0 bridgehead atoms. The van der Waals surface area contributed by atoms with Crippen LogP contribution in [-0.2, 0) is 14.3 Å². The van der Waals surface area contributed by atoms with E-state index in [1.54, 1.807) is 6.92 Å². The maximum absolute atomic E-state index is 12.2. The molecular formula is C16H23N3O5S. The van der Waals surface area contributed by atoms with Gasteiger partial charge in [-0.25, -0.2) is 9.59 Å². The Labute approximate surface area is 150 Å². The Hall–Kier alpha value is -2.42. The van der Waals surface area contributed by atoms with E-state index in [9.17, 15) is 19.2 Å². The topological polar surface area (TPSA) is 114 Å². The number of carbonyl (C=O) groups is 4. The summed E-state index contributed by atoms with van der Waals surface area (Å²) in [6, 6.07) is -0.642. The van der Waals surface area contributed by atoms with Crippen LogP contribution in [0.2, 0.25) is 0 Å². The first-order chi connectivity index (χ1) is 11.6. The van der Waals surface area contributed by atoms with Crippen LogP contribution in [0.25, 0.3) is 0 Å². The van der Waals surface area contributed by atoms with Gasteiger partial charge in [-0.15, -0.1) is 11.3 Å². The highest BCUT2D eigenvalue weighted by Crippen LogP contribution is 2.32. The number of carbonyl (C=O) groups excluding carboxylic acids is 4. The fourth-order valence-corrected chi connectivity index (χ4v) is 2.92. The quantitative estimate of drug-likeness (QED) is 0.663. The van der Waals surface area contributed by atoms with E-state index in [0.29, 0.717) is 17.1 Å². The summed E-state index contributed by atoms with van der Waals surface area (Å²) in [5.41, 5.74) is 0.892. The van der Waals surface area contributed by atoms with E-state index in [0.717, 1.165) is 4.88 Å². The van der Waals surface area contributed by atoms with Crippen molar-refractivity contribution in [3.8, 4) is 0 Å². The first-order valence-corrected chi connectivity index (χ1v) is 8.55. The summed E-state index contributed by atoms with van der Waals surface area (Å²) in [6.45, 7) is 8.54. The van der Waals surface area contributed by atoms with Gasteiger partial charge in [-0.1, -0.05) is 13.8 Å². The summed E-state index contributed by atoms with van der Waals surface area (Å²) < 4.78 is 4.96. The van der Waals surface area contributed by atoms with Crippen molar-refractivity contribution >= 4 is 40.2 Å². The Kier molecular flexibility index (Phi) is 7.56. The maximum Gasteiger partial charge on any atom is 0.341 e. The third kappa shape index (κ3) is 6.54. The average molecular weight is 369 g/mol. The van der Waals surface area contributed by atoms with Crippen molar-refractivity contribution in [2.45, 2.75) is 34.6 Å². The number of thiophene rings is 1. The molecular weight excluding hydrogens is 346 g/mol. The number of nitrogens with one attached hydrogen (secondary N) is 3. The first kappa shape index (κ1) is 20.6. The summed E-state index contributed by atoms with van der Waals surface area (Å²) in [7, 11) is 0. The minimum atomic E-state index is -0.736. The predicted octanol–water partition coefficient (Wildman–Crippen LogP) is 1.96. The molecule has 0 unspecified atom stereocenters. The summed E-state index contributed by atoms with van der Waals surface area (Å²) in [4.78, 5) is 47.5. The van der Waals surface area contributed by atoms with Crippen LogP contribution in [0.5, 0.6) is 0 Å². The normalized spacial score (nSPS) is 10.3. The van der Waals surface area contributed by atoms with Crippen molar-refractivity contribution in [3.05, 3.63) is 16.0 Å². The average Bonchev–Trinajstić information content (AvgIpc) is 2.76. The molecule has 25 heavy (non-hydrogen) atoms. The lowest BCUT2D eigenvalue weighted by Gasteiger charge is -2.09. The Balaban J connectivity index is 2.64. The molecule has 4 amide bonds. The highest BCUT2D eigenvalue weighted by molar-refractivity contribution is 7.16. The van der Waals surface area contributed by atoms with E-state index < -0.39 is 24.5 Å². The summed E-state index contributed by atoms with van der Waals surface area (Å²) in [6.07, 6.45) is 0. The van der Waals surface area contributed by atoms with Crippen molar-refractivity contribution in [1.82, 2.24) is 10.6 Å². The lowest BCUT2D eigenvalue weighted by molar-refractivity contribution is -0.123. The van der Waals surface area contributed by atoms with Crippen LogP contribution in [0.4, 0.5) is 9.80 Å². The minimum Gasteiger partial charge on any atom is -0.452 e. The van der Waals surface area contributed by atoms with Crippen LogP contribution in [0.15, 0.2) is 0 Å². The minimum absolute atomic E-state index is 0.217. The lowest BCUT2D eigenvalue weighted by Crippen LogP contribution is -2.42. The molecule has 138 valence electrons. The molecule has 0 fully saturated rings. The Morgan fingerprint density at radius 3 is 2.36 bits per heavy atom. The van der Waals surface area contributed by atoms with Crippen LogP contribution < -0.4 is 16.0 Å². The number of hydrogen-bond acceptors (Lipinski definition) is 6. The number of aryl methyl sites for hydroxylation is 1. The van der Waals surface area contributed by atoms with Crippen LogP contribution >= 0.6 is 11.3 Å². The number of amides is 4. The molecule has 1 aromatic heterocycles. The molecule has 1 aromatic rings. The summed E-state index contributed by atoms with van der Waals surface area (Å²) in [5, 5.41) is 7.55. The molecule has 9 heteroatoms. The molecule has 0 radical (unpaired) electrons. The molecule has 0 saturated heterocycles. The van der Waals surface area contributed by atoms with Gasteiger partial charge in [-0.2, -0.15) is 0 Å². The Morgan fingerprint density at radius 1 is 1.16 bits per heavy atom. The number of anilines is 1. The fourth-order valence-electron chi connectivity index (χ4n) is 1.83. The van der Waals surface area contributed by atoms with Gasteiger partial charge in [0, 0.05) is 18.3 Å². The molecule has 0 atom stereocenters. The van der Waals surface area contributed by atoms with Crippen molar-refractivity contribution in [1.29, 1.82) is 0 Å². The van der Waals surface area contributed by atoms with Crippen LogP contribution in [0.3, 0.4) is 0 Å². The van der Waals surface area contributed by atoms with Gasteiger partial charge in [0.1, 0.15) is 5.00 Å². The standard InChI is InChI=1S/C16H23N3O5S/c1-8(2)6-17-16(23)19-12(21)7-24-15(22)13-9(3)10(4)25-14(13)18-11(5)20/h8H,6-7H2,1-5H3,(H,18,20)(H2,17,19,21,23). The third-order valence-corrected chi connectivity index (χ3v) is 4.26. The summed E-state index contributed by atoms with van der Waals surface area (Å²) in [5.74, 6) is -1.53. The van der Waals surface area contributed by atoms with E-state index in [1.807, 2.05) is 20.8 Å². The highest BCUT2D eigenvalue weighted by Gasteiger charge is 2.22. The van der Waals surface area contributed by atoms with Gasteiger partial charge in [-0.3, -0.25) is 14.9 Å². The number of imide groups is 1. The molecule has 3 N–H and O–H groups in total. The van der Waals surface area contributed by atoms with Crippen LogP contribution in [0.1, 0.15) is 41.6 Å². The van der Waals surface area contributed by atoms with Gasteiger partial charge < -0.3 is 15.4 Å². The molecule has 0 spiro atoms. The van der Waals surface area contributed by atoms with E-state index in [4.69, 9.17) is 4.74 Å². The summed E-state index contributed by atoms with van der Waals surface area (Å²) >= 11 is 1.25. The van der Waals surface area contributed by atoms with Gasteiger partial charge in [0.2, 0.25) is 5.91 Å². The van der Waals surface area contributed by atoms with E-state index >= 15 is 0 Å². The third-order valence-electron chi connectivity index (χ3n) is 3.14. The van der Waals surface area contributed by atoms with Gasteiger partial charge in [0.05, 0.1) is 5.56 Å². The molecule has 0 aromatic carbocycles. The molecule has 1 heterocycles. The number of ether oxygens (including phenoxy) is 1.